The quantitative estimate of drug-likeness (QED) is 0.575. The molecule has 0 unspecified atom stereocenters. The second-order valence-electron chi connectivity index (χ2n) is 2.58. The lowest BCUT2D eigenvalue weighted by Crippen LogP contribution is -2.39. The van der Waals surface area contributed by atoms with Crippen LogP contribution in [0.25, 0.3) is 0 Å². The molecule has 0 saturated heterocycles. The molecule has 3 heteroatoms. The molecule has 0 saturated carbocycles. The average molecular weight is 145 g/mol. The van der Waals surface area contributed by atoms with E-state index in [1.807, 2.05) is 13.8 Å². The molecule has 0 amide bonds. The first kappa shape index (κ1) is 9.59. The Morgan fingerprint density at radius 3 is 2.20 bits per heavy atom. The van der Waals surface area contributed by atoms with Gasteiger partial charge in [0.2, 0.25) is 0 Å². The van der Waals surface area contributed by atoms with Crippen molar-refractivity contribution in [2.24, 2.45) is 5.92 Å². The summed E-state index contributed by atoms with van der Waals surface area (Å²) in [5.74, 6) is 0.0506. The van der Waals surface area contributed by atoms with E-state index < -0.39 is 0 Å². The Morgan fingerprint density at radius 1 is 1.60 bits per heavy atom. The molecule has 60 valence electrons. The Hall–Kier alpha value is -0.410. The monoisotopic (exact) mass is 145 g/mol. The lowest BCUT2D eigenvalue weighted by Gasteiger charge is -2.13. The third kappa shape index (κ3) is 2.45. The fourth-order valence-electron chi connectivity index (χ4n) is 0.726. The molecule has 0 bridgehead atoms. The van der Waals surface area contributed by atoms with Crippen LogP contribution in [0.3, 0.4) is 0 Å². The van der Waals surface area contributed by atoms with Gasteiger partial charge < -0.3 is 10.4 Å². The lowest BCUT2D eigenvalue weighted by atomic mass is 10.0. The normalized spacial score (nSPS) is 13.7. The van der Waals surface area contributed by atoms with Gasteiger partial charge in [0.25, 0.3) is 0 Å². The van der Waals surface area contributed by atoms with Crippen molar-refractivity contribution in [3.8, 4) is 0 Å². The maximum atomic E-state index is 11.1. The summed E-state index contributed by atoms with van der Waals surface area (Å²) >= 11 is 0. The molecule has 1 atom stereocenters. The van der Waals surface area contributed by atoms with Crippen molar-refractivity contribution in [1.82, 2.24) is 5.32 Å². The standard InChI is InChI=1S/C7H15NO2/c1-5(2)7(10)6(4-9)8-3/h5-6,8-9H,4H2,1-3H3/t6-/m1/s1. The molecule has 0 aliphatic rings. The molecule has 3 nitrogen and oxygen atoms in total. The molecule has 0 radical (unpaired) electrons. The largest absolute Gasteiger partial charge is 0.394 e. The van der Waals surface area contributed by atoms with Crippen LogP contribution in [-0.4, -0.2) is 30.6 Å². The van der Waals surface area contributed by atoms with E-state index in [4.69, 9.17) is 5.11 Å². The first-order chi connectivity index (χ1) is 4.63. The van der Waals surface area contributed by atoms with Crippen LogP contribution >= 0.6 is 0 Å². The second kappa shape index (κ2) is 4.41. The van der Waals surface area contributed by atoms with Gasteiger partial charge in [-0.1, -0.05) is 13.8 Å². The molecular formula is C7H15NO2. The number of hydrogen-bond acceptors (Lipinski definition) is 3. The van der Waals surface area contributed by atoms with Crippen molar-refractivity contribution in [1.29, 1.82) is 0 Å². The predicted octanol–water partition coefficient (Wildman–Crippen LogP) is -0.208. The van der Waals surface area contributed by atoms with Gasteiger partial charge in [0.1, 0.15) is 0 Å². The van der Waals surface area contributed by atoms with Gasteiger partial charge in [-0.3, -0.25) is 4.79 Å². The summed E-state index contributed by atoms with van der Waals surface area (Å²) in [5.41, 5.74) is 0. The van der Waals surface area contributed by atoms with Gasteiger partial charge in [-0.25, -0.2) is 0 Å². The number of carbonyl (C=O) groups is 1. The number of carbonyl (C=O) groups excluding carboxylic acids is 1. The van der Waals surface area contributed by atoms with Crippen molar-refractivity contribution in [3.63, 3.8) is 0 Å². The number of hydrogen-bond donors (Lipinski definition) is 2. The maximum absolute atomic E-state index is 11.1. The lowest BCUT2D eigenvalue weighted by molar-refractivity contribution is -0.124. The van der Waals surface area contributed by atoms with E-state index in [9.17, 15) is 4.79 Å². The third-order valence-corrected chi connectivity index (χ3v) is 1.44. The van der Waals surface area contributed by atoms with Crippen LogP contribution < -0.4 is 5.32 Å². The van der Waals surface area contributed by atoms with Gasteiger partial charge in [0.05, 0.1) is 12.6 Å². The van der Waals surface area contributed by atoms with Crippen LogP contribution in [0.4, 0.5) is 0 Å². The zero-order valence-electron chi connectivity index (χ0n) is 6.72. The minimum Gasteiger partial charge on any atom is -0.394 e. The zero-order chi connectivity index (χ0) is 8.15. The number of aliphatic hydroxyl groups excluding tert-OH is 1. The number of aliphatic hydroxyl groups is 1. The van der Waals surface area contributed by atoms with E-state index in [1.54, 1.807) is 7.05 Å². The Balaban J connectivity index is 3.89. The van der Waals surface area contributed by atoms with Crippen LogP contribution in [0.1, 0.15) is 13.8 Å². The van der Waals surface area contributed by atoms with Crippen molar-refractivity contribution < 1.29 is 9.90 Å². The van der Waals surface area contributed by atoms with Crippen molar-refractivity contribution in [3.05, 3.63) is 0 Å². The summed E-state index contributed by atoms with van der Waals surface area (Å²) in [7, 11) is 1.67. The molecule has 0 aromatic carbocycles. The van der Waals surface area contributed by atoms with Gasteiger partial charge >= 0.3 is 0 Å². The number of Topliss-reactive ketones (excluding diaryl/α,β-unsaturated/α-hetero) is 1. The molecule has 0 heterocycles. The Bertz CT molecular complexity index is 108. The highest BCUT2D eigenvalue weighted by atomic mass is 16.3. The van der Waals surface area contributed by atoms with Gasteiger partial charge in [-0.2, -0.15) is 0 Å². The van der Waals surface area contributed by atoms with Crippen LogP contribution in [-0.2, 0) is 4.79 Å². The Morgan fingerprint density at radius 2 is 2.10 bits per heavy atom. The second-order valence-corrected chi connectivity index (χ2v) is 2.58. The highest BCUT2D eigenvalue weighted by Crippen LogP contribution is 1.98. The molecule has 0 aliphatic heterocycles. The summed E-state index contributed by atoms with van der Waals surface area (Å²) in [6.45, 7) is 3.53. The average Bonchev–Trinajstić information content (AvgIpc) is 1.90. The maximum Gasteiger partial charge on any atom is 0.154 e. The molecule has 0 fully saturated rings. The van der Waals surface area contributed by atoms with E-state index >= 15 is 0 Å². The molecule has 2 N–H and O–H groups in total. The van der Waals surface area contributed by atoms with Gasteiger partial charge in [0, 0.05) is 5.92 Å². The number of nitrogens with one attached hydrogen (secondary N) is 1. The summed E-state index contributed by atoms with van der Waals surface area (Å²) in [6, 6.07) is -0.389. The SMILES string of the molecule is CN[C@H](CO)C(=O)C(C)C. The van der Waals surface area contributed by atoms with Gasteiger partial charge in [-0.05, 0) is 7.05 Å². The third-order valence-electron chi connectivity index (χ3n) is 1.44. The van der Waals surface area contributed by atoms with Gasteiger partial charge in [0.15, 0.2) is 5.78 Å². The van der Waals surface area contributed by atoms with Crippen molar-refractivity contribution >= 4 is 5.78 Å². The van der Waals surface area contributed by atoms with Gasteiger partial charge in [-0.15, -0.1) is 0 Å². The number of rotatable bonds is 4. The molecular weight excluding hydrogens is 130 g/mol. The smallest absolute Gasteiger partial charge is 0.154 e. The predicted molar refractivity (Wildman–Crippen MR) is 39.8 cm³/mol. The number of ketones is 1. The van der Waals surface area contributed by atoms with Crippen LogP contribution in [0, 0.1) is 5.92 Å². The van der Waals surface area contributed by atoms with E-state index in [1.165, 1.54) is 0 Å². The molecule has 0 spiro atoms. The van der Waals surface area contributed by atoms with Crippen molar-refractivity contribution in [2.45, 2.75) is 19.9 Å². The van der Waals surface area contributed by atoms with Crippen LogP contribution in [0.15, 0.2) is 0 Å². The minimum absolute atomic E-state index is 0.00963. The highest BCUT2D eigenvalue weighted by molar-refractivity contribution is 5.85. The minimum atomic E-state index is -0.389. The van der Waals surface area contributed by atoms with E-state index in [2.05, 4.69) is 5.32 Å². The summed E-state index contributed by atoms with van der Waals surface area (Å²) in [5, 5.41) is 11.4. The fraction of sp³-hybridized carbons (Fsp3) is 0.857. The first-order valence-electron chi connectivity index (χ1n) is 3.45. The van der Waals surface area contributed by atoms with Crippen LogP contribution in [0.5, 0.6) is 0 Å². The van der Waals surface area contributed by atoms with Crippen LogP contribution in [0.2, 0.25) is 0 Å². The van der Waals surface area contributed by atoms with E-state index in [0.717, 1.165) is 0 Å². The summed E-state index contributed by atoms with van der Waals surface area (Å²) in [4.78, 5) is 11.1. The van der Waals surface area contributed by atoms with E-state index in [0.29, 0.717) is 0 Å². The summed E-state index contributed by atoms with van der Waals surface area (Å²) < 4.78 is 0. The number of likely N-dealkylation sites (N-methyl/N-ethyl adjacent to an activating group) is 1. The van der Waals surface area contributed by atoms with E-state index in [-0.39, 0.29) is 24.3 Å². The molecule has 0 aromatic rings. The fourth-order valence-corrected chi connectivity index (χ4v) is 0.726. The zero-order valence-corrected chi connectivity index (χ0v) is 6.72. The Kier molecular flexibility index (Phi) is 4.23. The first-order valence-corrected chi connectivity index (χ1v) is 3.45. The Labute approximate surface area is 61.4 Å². The van der Waals surface area contributed by atoms with Crippen molar-refractivity contribution in [2.75, 3.05) is 13.7 Å². The topological polar surface area (TPSA) is 49.3 Å². The molecule has 10 heavy (non-hydrogen) atoms. The molecule has 0 rings (SSSR count). The summed E-state index contributed by atoms with van der Waals surface area (Å²) in [6.07, 6.45) is 0. The molecule has 0 aliphatic carbocycles. The highest BCUT2D eigenvalue weighted by Gasteiger charge is 2.17. The molecule has 0 aromatic heterocycles.